The summed E-state index contributed by atoms with van der Waals surface area (Å²) in [6.45, 7) is 1.29. The molecule has 0 fully saturated rings. The Morgan fingerprint density at radius 3 is 2.43 bits per heavy atom. The zero-order chi connectivity index (χ0) is 17.2. The second kappa shape index (κ2) is 9.68. The summed E-state index contributed by atoms with van der Waals surface area (Å²) in [7, 11) is 0. The van der Waals surface area contributed by atoms with Crippen molar-refractivity contribution in [3.05, 3.63) is 41.6 Å². The van der Waals surface area contributed by atoms with Crippen LogP contribution >= 0.6 is 11.8 Å². The summed E-state index contributed by atoms with van der Waals surface area (Å²) in [5.74, 6) is -1.53. The van der Waals surface area contributed by atoms with E-state index in [0.717, 1.165) is 5.56 Å². The molecule has 3 N–H and O–H groups in total. The number of thioether (sulfide) groups is 1. The van der Waals surface area contributed by atoms with Crippen LogP contribution in [0.3, 0.4) is 0 Å². The molecule has 0 unspecified atom stereocenters. The molecule has 7 heteroatoms. The maximum absolute atomic E-state index is 12.3. The van der Waals surface area contributed by atoms with E-state index in [9.17, 15) is 19.5 Å². The van der Waals surface area contributed by atoms with Crippen molar-refractivity contribution in [1.82, 2.24) is 10.6 Å². The van der Waals surface area contributed by atoms with Gasteiger partial charge in [0.25, 0.3) is 5.91 Å². The van der Waals surface area contributed by atoms with Crippen LogP contribution in [0.4, 0.5) is 0 Å². The first-order chi connectivity index (χ1) is 10.9. The first kappa shape index (κ1) is 18.8. The Kier molecular flexibility index (Phi) is 7.90. The lowest BCUT2D eigenvalue weighted by Crippen LogP contribution is -2.44. The monoisotopic (exact) mass is 336 g/mol. The van der Waals surface area contributed by atoms with E-state index in [2.05, 4.69) is 10.6 Å². The number of aliphatic carboxylic acids is 1. The SMILES string of the molecule is CSCC[C@@H](NC(=O)/C(=C\c1ccccc1)NC(C)=O)C(=O)O. The van der Waals surface area contributed by atoms with Gasteiger partial charge >= 0.3 is 5.97 Å². The molecular weight excluding hydrogens is 316 g/mol. The van der Waals surface area contributed by atoms with Crippen molar-refractivity contribution in [2.45, 2.75) is 19.4 Å². The number of hydrogen-bond acceptors (Lipinski definition) is 4. The molecule has 1 aromatic rings. The van der Waals surface area contributed by atoms with Crippen LogP contribution in [0.1, 0.15) is 18.9 Å². The minimum atomic E-state index is -1.10. The molecule has 0 heterocycles. The average Bonchev–Trinajstić information content (AvgIpc) is 2.50. The van der Waals surface area contributed by atoms with E-state index in [1.807, 2.05) is 12.3 Å². The second-order valence-electron chi connectivity index (χ2n) is 4.80. The lowest BCUT2D eigenvalue weighted by atomic mass is 10.1. The number of carbonyl (C=O) groups is 3. The molecule has 0 saturated heterocycles. The van der Waals surface area contributed by atoms with Crippen molar-refractivity contribution in [3.8, 4) is 0 Å². The summed E-state index contributed by atoms with van der Waals surface area (Å²) in [5.41, 5.74) is 0.737. The number of carboxylic acids is 1. The van der Waals surface area contributed by atoms with Crippen LogP contribution in [-0.2, 0) is 14.4 Å². The maximum atomic E-state index is 12.3. The Balaban J connectivity index is 2.93. The van der Waals surface area contributed by atoms with E-state index in [1.165, 1.54) is 24.8 Å². The Morgan fingerprint density at radius 2 is 1.91 bits per heavy atom. The fourth-order valence-corrected chi connectivity index (χ4v) is 2.26. The van der Waals surface area contributed by atoms with E-state index in [0.29, 0.717) is 12.2 Å². The highest BCUT2D eigenvalue weighted by atomic mass is 32.2. The lowest BCUT2D eigenvalue weighted by Gasteiger charge is -2.15. The molecule has 6 nitrogen and oxygen atoms in total. The van der Waals surface area contributed by atoms with Crippen LogP contribution in [0.25, 0.3) is 6.08 Å². The van der Waals surface area contributed by atoms with Crippen molar-refractivity contribution in [3.63, 3.8) is 0 Å². The zero-order valence-corrected chi connectivity index (χ0v) is 13.9. The van der Waals surface area contributed by atoms with Gasteiger partial charge in [-0.15, -0.1) is 0 Å². The molecule has 0 aromatic heterocycles. The van der Waals surface area contributed by atoms with Crippen LogP contribution in [-0.4, -0.2) is 40.9 Å². The van der Waals surface area contributed by atoms with Crippen LogP contribution in [0.5, 0.6) is 0 Å². The maximum Gasteiger partial charge on any atom is 0.326 e. The van der Waals surface area contributed by atoms with Crippen molar-refractivity contribution >= 4 is 35.6 Å². The summed E-state index contributed by atoms with van der Waals surface area (Å²) >= 11 is 1.50. The van der Waals surface area contributed by atoms with E-state index in [-0.39, 0.29) is 5.70 Å². The van der Waals surface area contributed by atoms with E-state index < -0.39 is 23.8 Å². The first-order valence-electron chi connectivity index (χ1n) is 7.01. The highest BCUT2D eigenvalue weighted by molar-refractivity contribution is 7.98. The Hall–Kier alpha value is -2.28. The van der Waals surface area contributed by atoms with Crippen molar-refractivity contribution < 1.29 is 19.5 Å². The van der Waals surface area contributed by atoms with Gasteiger partial charge in [0.1, 0.15) is 11.7 Å². The van der Waals surface area contributed by atoms with Gasteiger partial charge < -0.3 is 15.7 Å². The number of nitrogens with one attached hydrogen (secondary N) is 2. The zero-order valence-electron chi connectivity index (χ0n) is 13.0. The highest BCUT2D eigenvalue weighted by Gasteiger charge is 2.21. The molecule has 23 heavy (non-hydrogen) atoms. The lowest BCUT2D eigenvalue weighted by molar-refractivity contribution is -0.141. The Morgan fingerprint density at radius 1 is 1.26 bits per heavy atom. The van der Waals surface area contributed by atoms with Gasteiger partial charge in [0.15, 0.2) is 0 Å². The predicted octanol–water partition coefficient (Wildman–Crippen LogP) is 1.49. The van der Waals surface area contributed by atoms with E-state index >= 15 is 0 Å². The molecule has 0 bridgehead atoms. The minimum Gasteiger partial charge on any atom is -0.480 e. The molecule has 0 radical (unpaired) electrons. The highest BCUT2D eigenvalue weighted by Crippen LogP contribution is 2.07. The smallest absolute Gasteiger partial charge is 0.326 e. The molecule has 1 rings (SSSR count). The summed E-state index contributed by atoms with van der Waals surface area (Å²) in [6, 6.07) is 7.98. The van der Waals surface area contributed by atoms with Crippen LogP contribution in [0.2, 0.25) is 0 Å². The first-order valence-corrected chi connectivity index (χ1v) is 8.40. The molecule has 124 valence electrons. The van der Waals surface area contributed by atoms with Gasteiger partial charge in [0.2, 0.25) is 5.91 Å². The normalized spacial score (nSPS) is 12.3. The second-order valence-corrected chi connectivity index (χ2v) is 5.78. The fraction of sp³-hybridized carbons (Fsp3) is 0.312. The quantitative estimate of drug-likeness (QED) is 0.625. The molecular formula is C16H20N2O4S. The molecule has 1 aromatic carbocycles. The number of carbonyl (C=O) groups excluding carboxylic acids is 2. The molecule has 0 spiro atoms. The van der Waals surface area contributed by atoms with Gasteiger partial charge in [-0.1, -0.05) is 30.3 Å². The van der Waals surface area contributed by atoms with E-state index in [4.69, 9.17) is 0 Å². The van der Waals surface area contributed by atoms with Gasteiger partial charge in [-0.2, -0.15) is 11.8 Å². The average molecular weight is 336 g/mol. The number of amides is 2. The summed E-state index contributed by atoms with van der Waals surface area (Å²) in [5, 5.41) is 14.1. The molecule has 2 amide bonds. The Bertz CT molecular complexity index is 587. The molecule has 0 aliphatic heterocycles. The molecule has 0 aliphatic carbocycles. The molecule has 0 saturated carbocycles. The van der Waals surface area contributed by atoms with Crippen LogP contribution in [0, 0.1) is 0 Å². The summed E-state index contributed by atoms with van der Waals surface area (Å²) in [6.07, 6.45) is 3.67. The number of hydrogen-bond donors (Lipinski definition) is 3. The van der Waals surface area contributed by atoms with Crippen molar-refractivity contribution in [2.24, 2.45) is 0 Å². The summed E-state index contributed by atoms with van der Waals surface area (Å²) < 4.78 is 0. The third-order valence-corrected chi connectivity index (χ3v) is 3.52. The van der Waals surface area contributed by atoms with Gasteiger partial charge in [-0.05, 0) is 30.1 Å². The van der Waals surface area contributed by atoms with Gasteiger partial charge in [-0.25, -0.2) is 4.79 Å². The number of rotatable bonds is 8. The van der Waals surface area contributed by atoms with Gasteiger partial charge in [0, 0.05) is 6.92 Å². The standard InChI is InChI=1S/C16H20N2O4S/c1-11(19)17-14(10-12-6-4-3-5-7-12)15(20)18-13(16(21)22)8-9-23-2/h3-7,10,13H,8-9H2,1-2H3,(H,17,19)(H,18,20)(H,21,22)/b14-10+/t13-/m1/s1. The predicted molar refractivity (Wildman–Crippen MR) is 90.8 cm³/mol. The topological polar surface area (TPSA) is 95.5 Å². The van der Waals surface area contributed by atoms with Crippen molar-refractivity contribution in [1.29, 1.82) is 0 Å². The largest absolute Gasteiger partial charge is 0.480 e. The van der Waals surface area contributed by atoms with E-state index in [1.54, 1.807) is 24.3 Å². The van der Waals surface area contributed by atoms with Gasteiger partial charge in [-0.3, -0.25) is 9.59 Å². The minimum absolute atomic E-state index is 0.0131. The van der Waals surface area contributed by atoms with Gasteiger partial charge in [0.05, 0.1) is 0 Å². The summed E-state index contributed by atoms with van der Waals surface area (Å²) in [4.78, 5) is 34.8. The number of carboxylic acid groups (broad SMARTS) is 1. The third kappa shape index (κ3) is 7.01. The van der Waals surface area contributed by atoms with Crippen molar-refractivity contribution in [2.75, 3.05) is 12.0 Å². The van der Waals surface area contributed by atoms with Crippen LogP contribution in [0.15, 0.2) is 36.0 Å². The molecule has 0 aliphatic rings. The Labute approximate surface area is 139 Å². The third-order valence-electron chi connectivity index (χ3n) is 2.88. The fourth-order valence-electron chi connectivity index (χ4n) is 1.79. The number of benzene rings is 1. The van der Waals surface area contributed by atoms with Crippen LogP contribution < -0.4 is 10.6 Å². The molecule has 1 atom stereocenters.